The fourth-order valence-electron chi connectivity index (χ4n) is 4.78. The van der Waals surface area contributed by atoms with Gasteiger partial charge in [-0.05, 0) is 29.0 Å². The van der Waals surface area contributed by atoms with Crippen LogP contribution in [0.4, 0.5) is 0 Å². The largest absolute Gasteiger partial charge is 0.480 e. The van der Waals surface area contributed by atoms with Crippen molar-refractivity contribution in [2.75, 3.05) is 0 Å². The highest BCUT2D eigenvalue weighted by Crippen LogP contribution is 2.20. The Labute approximate surface area is 246 Å². The van der Waals surface area contributed by atoms with Crippen molar-refractivity contribution in [2.24, 2.45) is 17.6 Å². The standard InChI is InChI=1S/C32H43N5O5/c1-5-19(3)27(33)30(39)35-25(16-21-12-8-7-9-13-21)29(38)37-28(20(4)6-2)31(40)36-26(32(41)42)17-22-18-34-24-15-11-10-14-23(22)24/h7-15,18-20,25-28,34H,5-6,16-17,33H2,1-4H3,(H,35,39)(H,36,40)(H,37,38)(H,41,42). The van der Waals surface area contributed by atoms with Crippen molar-refractivity contribution in [2.45, 2.75) is 77.5 Å². The van der Waals surface area contributed by atoms with Crippen LogP contribution in [0.25, 0.3) is 10.9 Å². The summed E-state index contributed by atoms with van der Waals surface area (Å²) in [7, 11) is 0. The quantitative estimate of drug-likeness (QED) is 0.162. The maximum Gasteiger partial charge on any atom is 0.326 e. The van der Waals surface area contributed by atoms with Gasteiger partial charge in [-0.25, -0.2) is 4.79 Å². The average Bonchev–Trinajstić information content (AvgIpc) is 3.40. The molecule has 10 nitrogen and oxygen atoms in total. The molecule has 0 saturated carbocycles. The molecule has 0 saturated heterocycles. The number of H-pyrrole nitrogens is 1. The Morgan fingerprint density at radius 3 is 2.05 bits per heavy atom. The zero-order chi connectivity index (χ0) is 30.8. The molecule has 0 aliphatic heterocycles. The van der Waals surface area contributed by atoms with E-state index in [2.05, 4.69) is 20.9 Å². The maximum absolute atomic E-state index is 13.6. The number of hydrogen-bond donors (Lipinski definition) is 6. The lowest BCUT2D eigenvalue weighted by atomic mass is 9.95. The van der Waals surface area contributed by atoms with E-state index in [-0.39, 0.29) is 24.7 Å². The number of carboxylic acids is 1. The lowest BCUT2D eigenvalue weighted by Gasteiger charge is -2.28. The zero-order valence-electron chi connectivity index (χ0n) is 24.7. The average molecular weight is 578 g/mol. The second-order valence-electron chi connectivity index (χ2n) is 11.0. The van der Waals surface area contributed by atoms with Crippen molar-refractivity contribution < 1.29 is 24.3 Å². The Hall–Kier alpha value is -4.18. The van der Waals surface area contributed by atoms with E-state index in [9.17, 15) is 24.3 Å². The molecular formula is C32H43N5O5. The predicted octanol–water partition coefficient (Wildman–Crippen LogP) is 2.91. The predicted molar refractivity (Wildman–Crippen MR) is 162 cm³/mol. The molecule has 0 spiro atoms. The third-order valence-electron chi connectivity index (χ3n) is 7.98. The van der Waals surface area contributed by atoms with E-state index in [0.717, 1.165) is 22.0 Å². The summed E-state index contributed by atoms with van der Waals surface area (Å²) in [6, 6.07) is 12.7. The van der Waals surface area contributed by atoms with E-state index in [1.165, 1.54) is 0 Å². The molecule has 3 aromatic rings. The molecule has 0 aliphatic rings. The van der Waals surface area contributed by atoms with Gasteiger partial charge in [0.2, 0.25) is 17.7 Å². The van der Waals surface area contributed by atoms with Crippen LogP contribution >= 0.6 is 0 Å². The molecule has 226 valence electrons. The van der Waals surface area contributed by atoms with E-state index >= 15 is 0 Å². The van der Waals surface area contributed by atoms with Gasteiger partial charge >= 0.3 is 5.97 Å². The van der Waals surface area contributed by atoms with Crippen molar-refractivity contribution in [1.82, 2.24) is 20.9 Å². The van der Waals surface area contributed by atoms with E-state index in [4.69, 9.17) is 5.73 Å². The molecule has 7 N–H and O–H groups in total. The lowest BCUT2D eigenvalue weighted by Crippen LogP contribution is -2.59. The van der Waals surface area contributed by atoms with Crippen LogP contribution in [-0.2, 0) is 32.0 Å². The number of aromatic nitrogens is 1. The summed E-state index contributed by atoms with van der Waals surface area (Å²) < 4.78 is 0. The third-order valence-corrected chi connectivity index (χ3v) is 7.98. The number of benzene rings is 2. The van der Waals surface area contributed by atoms with Crippen LogP contribution in [0.15, 0.2) is 60.8 Å². The van der Waals surface area contributed by atoms with Crippen LogP contribution in [0.1, 0.15) is 51.7 Å². The van der Waals surface area contributed by atoms with E-state index < -0.39 is 47.9 Å². The molecule has 0 bridgehead atoms. The molecule has 10 heteroatoms. The van der Waals surface area contributed by atoms with Crippen molar-refractivity contribution in [3.05, 3.63) is 71.9 Å². The number of para-hydroxylation sites is 1. The summed E-state index contributed by atoms with van der Waals surface area (Å²) >= 11 is 0. The van der Waals surface area contributed by atoms with Crippen LogP contribution in [0.3, 0.4) is 0 Å². The lowest BCUT2D eigenvalue weighted by molar-refractivity contribution is -0.142. The minimum Gasteiger partial charge on any atom is -0.480 e. The number of nitrogens with one attached hydrogen (secondary N) is 4. The van der Waals surface area contributed by atoms with Crippen LogP contribution in [0.2, 0.25) is 0 Å². The summed E-state index contributed by atoms with van der Waals surface area (Å²) in [5, 5.41) is 19.0. The molecule has 2 aromatic carbocycles. The molecule has 1 heterocycles. The number of nitrogens with two attached hydrogens (primary N) is 1. The van der Waals surface area contributed by atoms with E-state index in [0.29, 0.717) is 12.8 Å². The highest BCUT2D eigenvalue weighted by Gasteiger charge is 2.33. The number of aliphatic carboxylic acids is 1. The van der Waals surface area contributed by atoms with Crippen molar-refractivity contribution in [1.29, 1.82) is 0 Å². The van der Waals surface area contributed by atoms with Crippen LogP contribution in [0.5, 0.6) is 0 Å². The van der Waals surface area contributed by atoms with Crippen LogP contribution in [0, 0.1) is 11.8 Å². The highest BCUT2D eigenvalue weighted by molar-refractivity contribution is 5.94. The number of fused-ring (bicyclic) bond motifs is 1. The zero-order valence-corrected chi connectivity index (χ0v) is 24.7. The van der Waals surface area contributed by atoms with E-state index in [1.807, 2.05) is 82.3 Å². The summed E-state index contributed by atoms with van der Waals surface area (Å²) in [5.74, 6) is -3.19. The van der Waals surface area contributed by atoms with Crippen LogP contribution < -0.4 is 21.7 Å². The molecular weight excluding hydrogens is 534 g/mol. The first kappa shape index (κ1) is 32.3. The Bertz CT molecular complexity index is 1360. The molecule has 0 radical (unpaired) electrons. The summed E-state index contributed by atoms with van der Waals surface area (Å²) in [6.07, 6.45) is 3.24. The topological polar surface area (TPSA) is 166 Å². The van der Waals surface area contributed by atoms with Gasteiger partial charge in [-0.1, -0.05) is 89.1 Å². The molecule has 42 heavy (non-hydrogen) atoms. The molecule has 6 unspecified atom stereocenters. The fourth-order valence-corrected chi connectivity index (χ4v) is 4.78. The van der Waals surface area contributed by atoms with E-state index in [1.54, 1.807) is 6.20 Å². The summed E-state index contributed by atoms with van der Waals surface area (Å²) in [6.45, 7) is 7.49. The molecule has 6 atom stereocenters. The first-order valence-corrected chi connectivity index (χ1v) is 14.5. The number of hydrogen-bond acceptors (Lipinski definition) is 5. The number of carbonyl (C=O) groups excluding carboxylic acids is 3. The first-order valence-electron chi connectivity index (χ1n) is 14.5. The van der Waals surface area contributed by atoms with Gasteiger partial charge in [0, 0.05) is 29.9 Å². The van der Waals surface area contributed by atoms with Gasteiger partial charge in [-0.2, -0.15) is 0 Å². The SMILES string of the molecule is CCC(C)C(N)C(=O)NC(Cc1ccccc1)C(=O)NC(C(=O)NC(Cc1c[nH]c2ccccc12)C(=O)O)C(C)CC. The van der Waals surface area contributed by atoms with Crippen LogP contribution in [-0.4, -0.2) is 57.9 Å². The normalized spacial score (nSPS) is 15.5. The van der Waals surface area contributed by atoms with Gasteiger partial charge in [-0.15, -0.1) is 0 Å². The summed E-state index contributed by atoms with van der Waals surface area (Å²) in [5.41, 5.74) is 8.59. The number of rotatable bonds is 15. The second-order valence-corrected chi connectivity index (χ2v) is 11.0. The van der Waals surface area contributed by atoms with Gasteiger partial charge in [0.05, 0.1) is 6.04 Å². The first-order chi connectivity index (χ1) is 20.0. The third kappa shape index (κ3) is 8.42. The highest BCUT2D eigenvalue weighted by atomic mass is 16.4. The van der Waals surface area contributed by atoms with Crippen molar-refractivity contribution >= 4 is 34.6 Å². The molecule has 0 fully saturated rings. The smallest absolute Gasteiger partial charge is 0.326 e. The van der Waals surface area contributed by atoms with Gasteiger partial charge in [-0.3, -0.25) is 14.4 Å². The number of carboxylic acid groups (broad SMARTS) is 1. The monoisotopic (exact) mass is 577 g/mol. The van der Waals surface area contributed by atoms with Gasteiger partial charge in [0.25, 0.3) is 0 Å². The fraction of sp³-hybridized carbons (Fsp3) is 0.438. The Balaban J connectivity index is 1.80. The minimum absolute atomic E-state index is 0.0620. The molecule has 3 amide bonds. The number of aromatic amines is 1. The molecule has 1 aromatic heterocycles. The van der Waals surface area contributed by atoms with Gasteiger partial charge in [0.15, 0.2) is 0 Å². The van der Waals surface area contributed by atoms with Crippen molar-refractivity contribution in [3.8, 4) is 0 Å². The minimum atomic E-state index is -1.21. The van der Waals surface area contributed by atoms with Gasteiger partial charge < -0.3 is 31.8 Å². The van der Waals surface area contributed by atoms with Crippen molar-refractivity contribution in [3.63, 3.8) is 0 Å². The second kappa shape index (κ2) is 15.2. The Morgan fingerprint density at radius 2 is 1.40 bits per heavy atom. The number of amides is 3. The Kier molecular flexibility index (Phi) is 11.7. The Morgan fingerprint density at radius 1 is 0.786 bits per heavy atom. The van der Waals surface area contributed by atoms with Gasteiger partial charge in [0.1, 0.15) is 18.1 Å². The molecule has 3 rings (SSSR count). The summed E-state index contributed by atoms with van der Waals surface area (Å²) in [4.78, 5) is 55.4. The molecule has 0 aliphatic carbocycles. The number of carbonyl (C=O) groups is 4. The maximum atomic E-state index is 13.6.